The molecule has 2 N–H and O–H groups in total. The molecule has 2 aromatic carbocycles. The number of aliphatic hydroxyl groups excluding tert-OH is 1. The average Bonchev–Trinajstić information content (AvgIpc) is 2.54. The molecule has 0 saturated heterocycles. The second kappa shape index (κ2) is 7.64. The Kier molecular flexibility index (Phi) is 5.59. The maximum absolute atomic E-state index is 13.2. The number of ether oxygens (including phenoxy) is 1. The number of nitrogens with zero attached hydrogens (tertiary/aromatic N) is 1. The summed E-state index contributed by atoms with van der Waals surface area (Å²) >= 11 is 5.74. The Hall–Kier alpha value is -2.29. The predicted octanol–water partition coefficient (Wildman–Crippen LogP) is 3.53. The van der Waals surface area contributed by atoms with Gasteiger partial charge in [-0.2, -0.15) is 5.26 Å². The van der Waals surface area contributed by atoms with Crippen molar-refractivity contribution >= 4 is 17.3 Å². The van der Waals surface area contributed by atoms with E-state index < -0.39 is 11.9 Å². The Balaban J connectivity index is 2.25. The van der Waals surface area contributed by atoms with E-state index in [0.717, 1.165) is 0 Å². The summed E-state index contributed by atoms with van der Waals surface area (Å²) in [5.74, 6) is -0.0174. The number of hydrogen-bond donors (Lipinski definition) is 2. The lowest BCUT2D eigenvalue weighted by Gasteiger charge is -2.17. The van der Waals surface area contributed by atoms with Crippen LogP contribution in [0, 0.1) is 17.1 Å². The number of nitriles is 1. The van der Waals surface area contributed by atoms with Crippen LogP contribution in [0.1, 0.15) is 11.6 Å². The molecule has 0 aliphatic heterocycles. The van der Waals surface area contributed by atoms with Gasteiger partial charge in [0.2, 0.25) is 0 Å². The first-order chi connectivity index (χ1) is 10.7. The average molecular weight is 321 g/mol. The van der Waals surface area contributed by atoms with Gasteiger partial charge in [-0.25, -0.2) is 4.39 Å². The molecule has 2 aromatic rings. The van der Waals surface area contributed by atoms with Gasteiger partial charge >= 0.3 is 0 Å². The summed E-state index contributed by atoms with van der Waals surface area (Å²) in [5.41, 5.74) is 1.15. The minimum atomic E-state index is -0.698. The number of rotatable bonds is 6. The Morgan fingerprint density at radius 1 is 1.32 bits per heavy atom. The molecule has 2 rings (SSSR count). The van der Waals surface area contributed by atoms with Crippen molar-refractivity contribution in [3.8, 4) is 11.8 Å². The first kappa shape index (κ1) is 16.1. The van der Waals surface area contributed by atoms with Crippen LogP contribution in [0.3, 0.4) is 0 Å². The minimum Gasteiger partial charge on any atom is -0.491 e. The first-order valence-electron chi connectivity index (χ1n) is 6.59. The van der Waals surface area contributed by atoms with Gasteiger partial charge in [-0.1, -0.05) is 29.8 Å². The van der Waals surface area contributed by atoms with Crippen molar-refractivity contribution < 1.29 is 14.2 Å². The maximum atomic E-state index is 13.2. The lowest BCUT2D eigenvalue weighted by Crippen LogP contribution is -2.12. The molecule has 0 bridgehead atoms. The second-order valence-electron chi connectivity index (χ2n) is 4.45. The molecule has 0 aliphatic carbocycles. The largest absolute Gasteiger partial charge is 0.491 e. The highest BCUT2D eigenvalue weighted by Gasteiger charge is 2.16. The fraction of sp³-hybridized carbons (Fsp3) is 0.188. The molecule has 22 heavy (non-hydrogen) atoms. The van der Waals surface area contributed by atoms with Gasteiger partial charge in [-0.3, -0.25) is 0 Å². The molecule has 0 spiro atoms. The van der Waals surface area contributed by atoms with Crippen molar-refractivity contribution in [1.29, 1.82) is 5.26 Å². The first-order valence-corrected chi connectivity index (χ1v) is 6.97. The fourth-order valence-electron chi connectivity index (χ4n) is 1.94. The van der Waals surface area contributed by atoms with Gasteiger partial charge in [-0.05, 0) is 24.3 Å². The summed E-state index contributed by atoms with van der Waals surface area (Å²) < 4.78 is 18.6. The Bertz CT molecular complexity index is 688. The van der Waals surface area contributed by atoms with Crippen molar-refractivity contribution in [1.82, 2.24) is 0 Å². The number of anilines is 1. The van der Waals surface area contributed by atoms with E-state index in [-0.39, 0.29) is 18.2 Å². The van der Waals surface area contributed by atoms with Crippen LogP contribution in [0.15, 0.2) is 42.5 Å². The van der Waals surface area contributed by atoms with Crippen molar-refractivity contribution in [2.45, 2.75) is 6.04 Å². The molecule has 114 valence electrons. The number of halogens is 2. The number of aliphatic hydroxyl groups is 1. The van der Waals surface area contributed by atoms with E-state index in [2.05, 4.69) is 11.4 Å². The van der Waals surface area contributed by atoms with Crippen LogP contribution in [0.5, 0.6) is 5.75 Å². The van der Waals surface area contributed by atoms with E-state index in [9.17, 15) is 9.65 Å². The third-order valence-corrected chi connectivity index (χ3v) is 3.23. The summed E-state index contributed by atoms with van der Waals surface area (Å²) in [6.45, 7) is 0.0179. The molecule has 6 heteroatoms. The SMILES string of the molecule is N#CC(Nc1ccc(F)c(Cl)c1)c1ccccc1OCCO. The van der Waals surface area contributed by atoms with Crippen molar-refractivity contribution in [2.24, 2.45) is 0 Å². The highest BCUT2D eigenvalue weighted by Crippen LogP contribution is 2.29. The van der Waals surface area contributed by atoms with Crippen molar-refractivity contribution in [3.05, 3.63) is 58.9 Å². The van der Waals surface area contributed by atoms with E-state index >= 15 is 0 Å². The van der Waals surface area contributed by atoms with Gasteiger partial charge < -0.3 is 15.2 Å². The monoisotopic (exact) mass is 320 g/mol. The summed E-state index contributed by atoms with van der Waals surface area (Å²) in [5, 5.41) is 21.2. The van der Waals surface area contributed by atoms with Gasteiger partial charge in [0, 0.05) is 11.3 Å². The molecule has 0 fully saturated rings. The predicted molar refractivity (Wildman–Crippen MR) is 82.4 cm³/mol. The summed E-state index contributed by atoms with van der Waals surface area (Å²) in [7, 11) is 0. The Morgan fingerprint density at radius 2 is 2.09 bits per heavy atom. The van der Waals surface area contributed by atoms with E-state index in [1.54, 1.807) is 24.3 Å². The zero-order valence-electron chi connectivity index (χ0n) is 11.6. The minimum absolute atomic E-state index is 0.0218. The molecule has 0 amide bonds. The molecule has 4 nitrogen and oxygen atoms in total. The molecular formula is C16H14ClFN2O2. The summed E-state index contributed by atoms with van der Waals surface area (Å²) in [6.07, 6.45) is 0. The lowest BCUT2D eigenvalue weighted by molar-refractivity contribution is 0.200. The van der Waals surface area contributed by atoms with Gasteiger partial charge in [-0.15, -0.1) is 0 Å². The molecule has 0 heterocycles. The molecule has 0 saturated carbocycles. The number of para-hydroxylation sites is 1. The quantitative estimate of drug-likeness (QED) is 0.854. The van der Waals surface area contributed by atoms with E-state index in [1.165, 1.54) is 18.2 Å². The van der Waals surface area contributed by atoms with Gasteiger partial charge in [0.25, 0.3) is 0 Å². The van der Waals surface area contributed by atoms with Crippen LogP contribution in [0.25, 0.3) is 0 Å². The fourth-order valence-corrected chi connectivity index (χ4v) is 2.12. The lowest BCUT2D eigenvalue weighted by atomic mass is 10.1. The van der Waals surface area contributed by atoms with E-state index in [0.29, 0.717) is 17.0 Å². The molecule has 0 radical (unpaired) electrons. The number of nitrogens with one attached hydrogen (secondary N) is 1. The topological polar surface area (TPSA) is 65.3 Å². The van der Waals surface area contributed by atoms with Crippen LogP contribution < -0.4 is 10.1 Å². The van der Waals surface area contributed by atoms with Crippen molar-refractivity contribution in [3.63, 3.8) is 0 Å². The third kappa shape index (κ3) is 3.88. The van der Waals surface area contributed by atoms with Crippen LogP contribution in [-0.4, -0.2) is 18.3 Å². The molecule has 1 atom stereocenters. The molecule has 0 aliphatic rings. The van der Waals surface area contributed by atoms with E-state index in [1.807, 2.05) is 0 Å². The highest BCUT2D eigenvalue weighted by atomic mass is 35.5. The van der Waals surface area contributed by atoms with Crippen LogP contribution in [0.2, 0.25) is 5.02 Å². The second-order valence-corrected chi connectivity index (χ2v) is 4.85. The number of hydrogen-bond acceptors (Lipinski definition) is 4. The Labute approximate surface area is 132 Å². The van der Waals surface area contributed by atoms with E-state index in [4.69, 9.17) is 21.4 Å². The van der Waals surface area contributed by atoms with Gasteiger partial charge in [0.1, 0.15) is 24.2 Å². The summed E-state index contributed by atoms with van der Waals surface area (Å²) in [6, 6.07) is 12.6. The van der Waals surface area contributed by atoms with Gasteiger partial charge in [0.05, 0.1) is 17.7 Å². The smallest absolute Gasteiger partial charge is 0.143 e. The number of benzene rings is 2. The zero-order chi connectivity index (χ0) is 15.9. The third-order valence-electron chi connectivity index (χ3n) is 2.94. The van der Waals surface area contributed by atoms with Gasteiger partial charge in [0.15, 0.2) is 0 Å². The molecule has 1 unspecified atom stereocenters. The van der Waals surface area contributed by atoms with Crippen molar-refractivity contribution in [2.75, 3.05) is 18.5 Å². The zero-order valence-corrected chi connectivity index (χ0v) is 12.3. The standard InChI is InChI=1S/C16H14ClFN2O2/c17-13-9-11(5-6-14(13)18)20-15(10-19)12-3-1-2-4-16(12)22-8-7-21/h1-6,9,15,20-21H,7-8H2. The maximum Gasteiger partial charge on any atom is 0.143 e. The van der Waals surface area contributed by atoms with Crippen LogP contribution >= 0.6 is 11.6 Å². The highest BCUT2D eigenvalue weighted by molar-refractivity contribution is 6.31. The molecule has 0 aromatic heterocycles. The Morgan fingerprint density at radius 3 is 2.77 bits per heavy atom. The van der Waals surface area contributed by atoms with Crippen LogP contribution in [0.4, 0.5) is 10.1 Å². The summed E-state index contributed by atoms with van der Waals surface area (Å²) in [4.78, 5) is 0. The molecular weight excluding hydrogens is 307 g/mol. The normalized spacial score (nSPS) is 11.5. The van der Waals surface area contributed by atoms with Crippen LogP contribution in [-0.2, 0) is 0 Å².